The normalized spacial score (nSPS) is 20.2. The van der Waals surface area contributed by atoms with Gasteiger partial charge in [-0.15, -0.1) is 0 Å². The fraction of sp³-hybridized carbons (Fsp3) is 0.609. The molecule has 9 heteroatoms. The molecule has 0 spiro atoms. The van der Waals surface area contributed by atoms with Gasteiger partial charge in [0.25, 0.3) is 0 Å². The van der Waals surface area contributed by atoms with E-state index in [1.54, 1.807) is 6.92 Å². The molecule has 0 bridgehead atoms. The van der Waals surface area contributed by atoms with Gasteiger partial charge in [0.1, 0.15) is 11.6 Å². The van der Waals surface area contributed by atoms with E-state index in [0.29, 0.717) is 30.4 Å². The minimum absolute atomic E-state index is 0.0617. The van der Waals surface area contributed by atoms with Gasteiger partial charge in [0, 0.05) is 43.3 Å². The van der Waals surface area contributed by atoms with Crippen LogP contribution in [-0.4, -0.2) is 49.0 Å². The molecule has 1 aliphatic heterocycles. The van der Waals surface area contributed by atoms with Crippen LogP contribution in [0, 0.1) is 13.8 Å². The monoisotopic (exact) mass is 439 g/mol. The number of hydrogen-bond acceptors (Lipinski definition) is 6. The van der Waals surface area contributed by atoms with Gasteiger partial charge in [-0.3, -0.25) is 14.7 Å². The zero-order valence-electron chi connectivity index (χ0n) is 19.2. The standard InChI is InChI=1S/C23H33N7O2/c1-15-12-21(29-28-15)26-20-13-18(24-16(2)25-20)19-8-7-11-30(19)22(32)14-23(27-17(3)31)9-5-4-6-10-23/h12-13,19H,4-11,14H2,1-3H3,(H,27,31)(H2,24,25,26,28,29)/t19-/m0/s1. The number of aromatic nitrogens is 4. The van der Waals surface area contributed by atoms with Crippen LogP contribution in [0.5, 0.6) is 0 Å². The number of nitrogens with one attached hydrogen (secondary N) is 3. The number of H-pyrrole nitrogens is 1. The van der Waals surface area contributed by atoms with Crippen molar-refractivity contribution in [1.82, 2.24) is 30.4 Å². The van der Waals surface area contributed by atoms with Crippen LogP contribution in [0.25, 0.3) is 0 Å². The lowest BCUT2D eigenvalue weighted by Gasteiger charge is -2.39. The van der Waals surface area contributed by atoms with E-state index >= 15 is 0 Å². The Labute approximate surface area is 188 Å². The Morgan fingerprint density at radius 3 is 2.59 bits per heavy atom. The lowest BCUT2D eigenvalue weighted by molar-refractivity contribution is -0.135. The van der Waals surface area contributed by atoms with Crippen LogP contribution in [-0.2, 0) is 9.59 Å². The van der Waals surface area contributed by atoms with Crippen molar-refractivity contribution in [3.8, 4) is 0 Å². The number of aromatic amines is 1. The topological polar surface area (TPSA) is 116 Å². The van der Waals surface area contributed by atoms with E-state index in [9.17, 15) is 9.59 Å². The highest BCUT2D eigenvalue weighted by molar-refractivity contribution is 5.80. The molecule has 3 heterocycles. The van der Waals surface area contributed by atoms with Crippen LogP contribution in [0.3, 0.4) is 0 Å². The van der Waals surface area contributed by atoms with Crippen molar-refractivity contribution >= 4 is 23.5 Å². The third kappa shape index (κ3) is 5.08. The van der Waals surface area contributed by atoms with E-state index in [1.165, 1.54) is 0 Å². The van der Waals surface area contributed by atoms with Crippen molar-refractivity contribution in [2.24, 2.45) is 0 Å². The van der Waals surface area contributed by atoms with Crippen molar-refractivity contribution in [3.05, 3.63) is 29.3 Å². The number of likely N-dealkylation sites (tertiary alicyclic amines) is 1. The molecule has 9 nitrogen and oxygen atoms in total. The van der Waals surface area contributed by atoms with E-state index in [4.69, 9.17) is 0 Å². The zero-order chi connectivity index (χ0) is 22.7. The van der Waals surface area contributed by atoms with Crippen molar-refractivity contribution in [2.75, 3.05) is 11.9 Å². The third-order valence-corrected chi connectivity index (χ3v) is 6.48. The molecule has 1 aliphatic carbocycles. The molecular weight excluding hydrogens is 406 g/mol. The second-order valence-corrected chi connectivity index (χ2v) is 9.23. The predicted molar refractivity (Wildman–Crippen MR) is 121 cm³/mol. The van der Waals surface area contributed by atoms with Gasteiger partial charge in [-0.1, -0.05) is 19.3 Å². The highest BCUT2D eigenvalue weighted by Crippen LogP contribution is 2.36. The molecule has 172 valence electrons. The predicted octanol–water partition coefficient (Wildman–Crippen LogP) is 3.45. The number of rotatable bonds is 6. The summed E-state index contributed by atoms with van der Waals surface area (Å²) in [5, 5.41) is 13.5. The van der Waals surface area contributed by atoms with E-state index in [-0.39, 0.29) is 17.9 Å². The van der Waals surface area contributed by atoms with Crippen molar-refractivity contribution in [1.29, 1.82) is 0 Å². The number of amides is 2. The Morgan fingerprint density at radius 2 is 1.91 bits per heavy atom. The second kappa shape index (κ2) is 9.26. The average Bonchev–Trinajstić information content (AvgIpc) is 3.36. The lowest BCUT2D eigenvalue weighted by Crippen LogP contribution is -2.52. The van der Waals surface area contributed by atoms with Crippen LogP contribution in [0.15, 0.2) is 12.1 Å². The van der Waals surface area contributed by atoms with Gasteiger partial charge >= 0.3 is 0 Å². The molecular formula is C23H33N7O2. The summed E-state index contributed by atoms with van der Waals surface area (Å²) >= 11 is 0. The SMILES string of the molecule is CC(=O)NC1(CC(=O)N2CCC[C@H]2c2cc(Nc3cc(C)[nH]n3)nc(C)n2)CCCCC1. The van der Waals surface area contributed by atoms with Gasteiger partial charge in [0.05, 0.1) is 11.7 Å². The average molecular weight is 440 g/mol. The van der Waals surface area contributed by atoms with Gasteiger partial charge < -0.3 is 15.5 Å². The summed E-state index contributed by atoms with van der Waals surface area (Å²) < 4.78 is 0. The molecule has 2 aliphatic rings. The first-order valence-corrected chi connectivity index (χ1v) is 11.6. The fourth-order valence-electron chi connectivity index (χ4n) is 5.15. The first kappa shape index (κ1) is 22.2. The Morgan fingerprint density at radius 1 is 1.12 bits per heavy atom. The summed E-state index contributed by atoms with van der Waals surface area (Å²) in [5.74, 6) is 2.05. The third-order valence-electron chi connectivity index (χ3n) is 6.48. The largest absolute Gasteiger partial charge is 0.350 e. The Balaban J connectivity index is 1.52. The van der Waals surface area contributed by atoms with E-state index in [2.05, 4.69) is 30.8 Å². The number of nitrogens with zero attached hydrogens (tertiary/aromatic N) is 4. The summed E-state index contributed by atoms with van der Waals surface area (Å²) in [6, 6.07) is 3.75. The van der Waals surface area contributed by atoms with Gasteiger partial charge in [-0.05, 0) is 39.5 Å². The van der Waals surface area contributed by atoms with Crippen LogP contribution >= 0.6 is 0 Å². The minimum Gasteiger partial charge on any atom is -0.350 e. The Kier molecular flexibility index (Phi) is 6.43. The van der Waals surface area contributed by atoms with Crippen LogP contribution in [0.1, 0.15) is 81.5 Å². The fourth-order valence-corrected chi connectivity index (χ4v) is 5.15. The number of aryl methyl sites for hydroxylation is 2. The van der Waals surface area contributed by atoms with Gasteiger partial charge in [0.15, 0.2) is 5.82 Å². The molecule has 1 atom stereocenters. The summed E-state index contributed by atoms with van der Waals surface area (Å²) in [5.41, 5.74) is 1.39. The molecule has 32 heavy (non-hydrogen) atoms. The molecule has 2 aromatic rings. The summed E-state index contributed by atoms with van der Waals surface area (Å²) in [7, 11) is 0. The molecule has 1 saturated heterocycles. The molecule has 0 unspecified atom stereocenters. The number of carbonyl (C=O) groups excluding carboxylic acids is 2. The van der Waals surface area contributed by atoms with Gasteiger partial charge in [-0.2, -0.15) is 5.10 Å². The molecule has 2 fully saturated rings. The summed E-state index contributed by atoms with van der Waals surface area (Å²) in [6.07, 6.45) is 7.14. The molecule has 2 amide bonds. The van der Waals surface area contributed by atoms with E-state index in [1.807, 2.05) is 30.9 Å². The maximum Gasteiger partial charge on any atom is 0.225 e. The number of anilines is 2. The van der Waals surface area contributed by atoms with Crippen molar-refractivity contribution < 1.29 is 9.59 Å². The quantitative estimate of drug-likeness (QED) is 0.635. The van der Waals surface area contributed by atoms with Crippen molar-refractivity contribution in [3.63, 3.8) is 0 Å². The zero-order valence-corrected chi connectivity index (χ0v) is 19.2. The van der Waals surface area contributed by atoms with E-state index < -0.39 is 5.54 Å². The molecule has 3 N–H and O–H groups in total. The first-order valence-electron chi connectivity index (χ1n) is 11.6. The maximum atomic E-state index is 13.4. The number of carbonyl (C=O) groups is 2. The second-order valence-electron chi connectivity index (χ2n) is 9.23. The first-order chi connectivity index (χ1) is 15.3. The van der Waals surface area contributed by atoms with Gasteiger partial charge in [0.2, 0.25) is 11.8 Å². The highest BCUT2D eigenvalue weighted by Gasteiger charge is 2.39. The summed E-state index contributed by atoms with van der Waals surface area (Å²) in [6.45, 7) is 6.05. The Bertz CT molecular complexity index is 980. The summed E-state index contributed by atoms with van der Waals surface area (Å²) in [4.78, 5) is 36.4. The van der Waals surface area contributed by atoms with Crippen LogP contribution < -0.4 is 10.6 Å². The van der Waals surface area contributed by atoms with Crippen molar-refractivity contribution in [2.45, 2.75) is 83.7 Å². The Hall–Kier alpha value is -2.97. The maximum absolute atomic E-state index is 13.4. The van der Waals surface area contributed by atoms with E-state index in [0.717, 1.165) is 56.3 Å². The smallest absolute Gasteiger partial charge is 0.225 e. The number of hydrogen-bond donors (Lipinski definition) is 3. The molecule has 2 aromatic heterocycles. The van der Waals surface area contributed by atoms with Crippen LogP contribution in [0.4, 0.5) is 11.6 Å². The van der Waals surface area contributed by atoms with Crippen LogP contribution in [0.2, 0.25) is 0 Å². The highest BCUT2D eigenvalue weighted by atomic mass is 16.2. The molecule has 0 aromatic carbocycles. The molecule has 0 radical (unpaired) electrons. The van der Waals surface area contributed by atoms with Gasteiger partial charge in [-0.25, -0.2) is 9.97 Å². The minimum atomic E-state index is -0.416. The molecule has 4 rings (SSSR count). The molecule has 1 saturated carbocycles. The lowest BCUT2D eigenvalue weighted by atomic mass is 9.78.